The van der Waals surface area contributed by atoms with Crippen LogP contribution in [0.2, 0.25) is 0 Å². The molecule has 1 heterocycles. The van der Waals surface area contributed by atoms with Crippen molar-refractivity contribution in [2.24, 2.45) is 0 Å². The van der Waals surface area contributed by atoms with Gasteiger partial charge >= 0.3 is 0 Å². The van der Waals surface area contributed by atoms with Gasteiger partial charge in [0.1, 0.15) is 11.7 Å². The molecule has 4 nitrogen and oxygen atoms in total. The van der Waals surface area contributed by atoms with Crippen LogP contribution in [0.4, 0.5) is 0 Å². The number of hydrogen-bond donors (Lipinski definition) is 0. The minimum absolute atomic E-state index is 0.0379. The van der Waals surface area contributed by atoms with Crippen LogP contribution in [0, 0.1) is 25.7 Å². The molecule has 0 N–H and O–H groups in total. The van der Waals surface area contributed by atoms with Crippen molar-refractivity contribution in [1.29, 1.82) is 0 Å². The Bertz CT molecular complexity index is 1600. The summed E-state index contributed by atoms with van der Waals surface area (Å²) in [4.78, 5) is 14.2. The number of hydrogen-bond acceptors (Lipinski definition) is 4. The summed E-state index contributed by atoms with van der Waals surface area (Å²) in [5.41, 5.74) is 3.90. The standard InChI is InChI=1S/C38H34O4/c1-27-20-21-28(2)29(24-27)22-23-30-25-34-37(35(30)39,42-36(3,4)41-34)26-40-38(31-14-8-5-9-15-31,32-16-10-6-11-17-32)33-18-12-7-13-19-33/h5-21,24-25,34H,26H2,1-4H3/t34-,37-/m0/s1. The van der Waals surface area contributed by atoms with Gasteiger partial charge in [-0.1, -0.05) is 115 Å². The van der Waals surface area contributed by atoms with Gasteiger partial charge in [-0.15, -0.1) is 0 Å². The van der Waals surface area contributed by atoms with Crippen LogP contribution in [0.25, 0.3) is 0 Å². The monoisotopic (exact) mass is 554 g/mol. The van der Waals surface area contributed by atoms with Crippen molar-refractivity contribution in [2.45, 2.75) is 50.8 Å². The molecular formula is C38H34O4. The maximum absolute atomic E-state index is 14.2. The lowest BCUT2D eigenvalue weighted by molar-refractivity contribution is -0.185. The van der Waals surface area contributed by atoms with Crippen molar-refractivity contribution in [3.63, 3.8) is 0 Å². The van der Waals surface area contributed by atoms with Gasteiger partial charge in [0.05, 0.1) is 12.2 Å². The van der Waals surface area contributed by atoms with Crippen molar-refractivity contribution < 1.29 is 19.0 Å². The molecular weight excluding hydrogens is 520 g/mol. The van der Waals surface area contributed by atoms with E-state index >= 15 is 0 Å². The first-order chi connectivity index (χ1) is 20.2. The van der Waals surface area contributed by atoms with Gasteiger partial charge in [0.25, 0.3) is 0 Å². The molecule has 1 fully saturated rings. The molecule has 0 radical (unpaired) electrons. The maximum atomic E-state index is 14.2. The molecule has 0 aromatic heterocycles. The summed E-state index contributed by atoms with van der Waals surface area (Å²) in [6.07, 6.45) is 1.16. The van der Waals surface area contributed by atoms with Crippen molar-refractivity contribution >= 4 is 5.78 Å². The van der Waals surface area contributed by atoms with Gasteiger partial charge in [-0.25, -0.2) is 0 Å². The minimum Gasteiger partial charge on any atom is -0.357 e. The van der Waals surface area contributed by atoms with Crippen LogP contribution in [0.5, 0.6) is 0 Å². The number of ether oxygens (including phenoxy) is 3. The fourth-order valence-corrected chi connectivity index (χ4v) is 5.99. The third-order valence-corrected chi connectivity index (χ3v) is 8.01. The first kappa shape index (κ1) is 27.9. The molecule has 0 saturated carbocycles. The van der Waals surface area contributed by atoms with E-state index in [2.05, 4.69) is 54.3 Å². The molecule has 1 aliphatic heterocycles. The SMILES string of the molecule is Cc1ccc(C)c(C#CC2=C[C@@H]3OC(C)(C)O[C@]3(COC(c3ccccc3)(c3ccccc3)c3ccccc3)C2=O)c1. The largest absolute Gasteiger partial charge is 0.357 e. The first-order valence-electron chi connectivity index (χ1n) is 14.3. The summed E-state index contributed by atoms with van der Waals surface area (Å²) < 4.78 is 19.8. The zero-order valence-electron chi connectivity index (χ0n) is 24.4. The van der Waals surface area contributed by atoms with E-state index in [0.29, 0.717) is 5.57 Å². The number of ketones is 1. The van der Waals surface area contributed by atoms with E-state index in [1.54, 1.807) is 6.08 Å². The summed E-state index contributed by atoms with van der Waals surface area (Å²) in [6, 6.07) is 36.4. The Labute approximate surface area is 248 Å². The molecule has 1 saturated heterocycles. The summed E-state index contributed by atoms with van der Waals surface area (Å²) >= 11 is 0. The predicted molar refractivity (Wildman–Crippen MR) is 164 cm³/mol. The van der Waals surface area contributed by atoms with E-state index in [1.165, 1.54) is 0 Å². The highest BCUT2D eigenvalue weighted by Crippen LogP contribution is 2.47. The van der Waals surface area contributed by atoms with Crippen molar-refractivity contribution in [3.05, 3.63) is 154 Å². The number of aryl methyl sites for hydroxylation is 2. The van der Waals surface area contributed by atoms with E-state index < -0.39 is 23.1 Å². The van der Waals surface area contributed by atoms with Crippen molar-refractivity contribution in [3.8, 4) is 11.8 Å². The van der Waals surface area contributed by atoms with E-state index in [4.69, 9.17) is 14.2 Å². The van der Waals surface area contributed by atoms with Crippen LogP contribution in [0.15, 0.2) is 121 Å². The molecule has 0 bridgehead atoms. The Morgan fingerprint density at radius 1 is 0.786 bits per heavy atom. The molecule has 4 heteroatoms. The zero-order chi connectivity index (χ0) is 29.4. The zero-order valence-corrected chi connectivity index (χ0v) is 24.4. The number of rotatable bonds is 6. The second-order valence-electron chi connectivity index (χ2n) is 11.5. The van der Waals surface area contributed by atoms with Gasteiger partial charge in [0.2, 0.25) is 5.78 Å². The molecule has 2 aliphatic rings. The Morgan fingerprint density at radius 2 is 1.33 bits per heavy atom. The maximum Gasteiger partial charge on any atom is 0.208 e. The molecule has 6 rings (SSSR count). The number of carbonyl (C=O) groups is 1. The molecule has 42 heavy (non-hydrogen) atoms. The Morgan fingerprint density at radius 3 is 1.88 bits per heavy atom. The van der Waals surface area contributed by atoms with Gasteiger partial charge in [0, 0.05) is 5.56 Å². The quantitative estimate of drug-likeness (QED) is 0.189. The van der Waals surface area contributed by atoms with Gasteiger partial charge in [-0.2, -0.15) is 0 Å². The fraction of sp³-hybridized carbons (Fsp3) is 0.237. The van der Waals surface area contributed by atoms with E-state index in [1.807, 2.05) is 94.4 Å². The average molecular weight is 555 g/mol. The molecule has 2 atom stereocenters. The Kier molecular flexibility index (Phi) is 7.20. The lowest BCUT2D eigenvalue weighted by Gasteiger charge is -2.39. The van der Waals surface area contributed by atoms with Crippen LogP contribution < -0.4 is 0 Å². The normalized spacial score (nSPS) is 20.9. The summed E-state index contributed by atoms with van der Waals surface area (Å²) in [5, 5.41) is 0. The summed E-state index contributed by atoms with van der Waals surface area (Å²) in [7, 11) is 0. The summed E-state index contributed by atoms with van der Waals surface area (Å²) in [5.74, 6) is 5.15. The third kappa shape index (κ3) is 4.91. The molecule has 210 valence electrons. The number of Topliss-reactive ketones (excluding diaryl/α,β-unsaturated/α-hetero) is 1. The lowest BCUT2D eigenvalue weighted by atomic mass is 9.79. The molecule has 4 aromatic carbocycles. The van der Waals surface area contributed by atoms with Crippen LogP contribution >= 0.6 is 0 Å². The Balaban J connectivity index is 1.43. The van der Waals surface area contributed by atoms with Gasteiger partial charge < -0.3 is 14.2 Å². The van der Waals surface area contributed by atoms with Crippen LogP contribution in [0.3, 0.4) is 0 Å². The second-order valence-corrected chi connectivity index (χ2v) is 11.5. The Hall–Kier alpha value is -4.27. The lowest BCUT2D eigenvalue weighted by Crippen LogP contribution is -2.51. The van der Waals surface area contributed by atoms with E-state index in [0.717, 1.165) is 33.4 Å². The molecule has 4 aromatic rings. The smallest absolute Gasteiger partial charge is 0.208 e. The third-order valence-electron chi connectivity index (χ3n) is 8.01. The van der Waals surface area contributed by atoms with Gasteiger partial charge in [-0.05, 0) is 67.7 Å². The first-order valence-corrected chi connectivity index (χ1v) is 14.3. The minimum atomic E-state index is -1.38. The van der Waals surface area contributed by atoms with Crippen molar-refractivity contribution in [2.75, 3.05) is 6.61 Å². The van der Waals surface area contributed by atoms with Gasteiger partial charge in [0.15, 0.2) is 11.4 Å². The molecule has 0 unspecified atom stereocenters. The topological polar surface area (TPSA) is 44.8 Å². The highest BCUT2D eigenvalue weighted by atomic mass is 16.8. The van der Waals surface area contributed by atoms with E-state index in [-0.39, 0.29) is 12.4 Å². The highest BCUT2D eigenvalue weighted by Gasteiger charge is 2.62. The molecule has 0 spiro atoms. The van der Waals surface area contributed by atoms with Crippen LogP contribution in [-0.4, -0.2) is 29.9 Å². The highest BCUT2D eigenvalue weighted by molar-refractivity contribution is 6.09. The number of benzene rings is 4. The second kappa shape index (κ2) is 10.9. The van der Waals surface area contributed by atoms with Gasteiger partial charge in [-0.3, -0.25) is 4.79 Å². The van der Waals surface area contributed by atoms with E-state index in [9.17, 15) is 4.79 Å². The molecule has 0 amide bonds. The number of fused-ring (bicyclic) bond motifs is 1. The number of carbonyl (C=O) groups excluding carboxylic acids is 1. The fourth-order valence-electron chi connectivity index (χ4n) is 5.99. The summed E-state index contributed by atoms with van der Waals surface area (Å²) in [6.45, 7) is 7.67. The predicted octanol–water partition coefficient (Wildman–Crippen LogP) is 7.06. The molecule has 1 aliphatic carbocycles. The van der Waals surface area contributed by atoms with Crippen LogP contribution in [0.1, 0.15) is 47.2 Å². The van der Waals surface area contributed by atoms with Crippen molar-refractivity contribution in [1.82, 2.24) is 0 Å². The average Bonchev–Trinajstić information content (AvgIpc) is 3.41. The van der Waals surface area contributed by atoms with Crippen LogP contribution in [-0.2, 0) is 24.6 Å².